The molecule has 0 aromatic heterocycles. The summed E-state index contributed by atoms with van der Waals surface area (Å²) in [5, 5.41) is 0.623. The van der Waals surface area contributed by atoms with E-state index in [-0.39, 0.29) is 12.0 Å². The van der Waals surface area contributed by atoms with E-state index in [1.54, 1.807) is 0 Å². The van der Waals surface area contributed by atoms with Crippen LogP contribution in [0, 0.1) is 5.41 Å². The quantitative estimate of drug-likeness (QED) is 0.696. The molecule has 0 bridgehead atoms. The van der Waals surface area contributed by atoms with Gasteiger partial charge in [-0.1, -0.05) is 29.8 Å². The van der Waals surface area contributed by atoms with Crippen molar-refractivity contribution in [3.8, 4) is 0 Å². The monoisotopic (exact) mass is 248 g/mol. The van der Waals surface area contributed by atoms with Crippen molar-refractivity contribution in [1.82, 2.24) is 0 Å². The lowest BCUT2D eigenvalue weighted by molar-refractivity contribution is -0.178. The van der Waals surface area contributed by atoms with Crippen LogP contribution >= 0.6 is 15.9 Å². The molecule has 1 nitrogen and oxygen atoms in total. The first kappa shape index (κ1) is 12.2. The van der Waals surface area contributed by atoms with Crippen LogP contribution in [-0.4, -0.2) is 24.7 Å². The van der Waals surface area contributed by atoms with E-state index >= 15 is 0 Å². The standard InChI is InChI=1S/C7H12BrF3O/c1-6(2,3-8)4-12-5-7(9,10)11/h3-5H2,1-2H3. The van der Waals surface area contributed by atoms with E-state index in [0.717, 1.165) is 0 Å². The molecule has 0 fully saturated rings. The van der Waals surface area contributed by atoms with E-state index in [1.807, 2.05) is 13.8 Å². The summed E-state index contributed by atoms with van der Waals surface area (Å²) in [5.74, 6) is 0. The second-order valence-corrected chi connectivity index (χ2v) is 3.97. The average molecular weight is 249 g/mol. The lowest BCUT2D eigenvalue weighted by Gasteiger charge is -2.21. The van der Waals surface area contributed by atoms with Crippen molar-refractivity contribution in [3.63, 3.8) is 0 Å². The first-order valence-electron chi connectivity index (χ1n) is 3.47. The molecule has 0 atom stereocenters. The number of alkyl halides is 4. The maximum absolute atomic E-state index is 11.6. The maximum atomic E-state index is 11.6. The van der Waals surface area contributed by atoms with Gasteiger partial charge in [-0.2, -0.15) is 13.2 Å². The molecule has 0 aromatic carbocycles. The van der Waals surface area contributed by atoms with E-state index in [1.165, 1.54) is 0 Å². The summed E-state index contributed by atoms with van der Waals surface area (Å²) in [7, 11) is 0. The maximum Gasteiger partial charge on any atom is 0.411 e. The lowest BCUT2D eigenvalue weighted by Crippen LogP contribution is -2.25. The highest BCUT2D eigenvalue weighted by atomic mass is 79.9. The Morgan fingerprint density at radius 1 is 1.17 bits per heavy atom. The van der Waals surface area contributed by atoms with E-state index in [2.05, 4.69) is 20.7 Å². The first-order valence-corrected chi connectivity index (χ1v) is 4.59. The van der Waals surface area contributed by atoms with Crippen LogP contribution in [-0.2, 0) is 4.74 Å². The van der Waals surface area contributed by atoms with E-state index in [4.69, 9.17) is 0 Å². The summed E-state index contributed by atoms with van der Waals surface area (Å²) in [6.07, 6.45) is -4.22. The number of hydrogen-bond acceptors (Lipinski definition) is 1. The van der Waals surface area contributed by atoms with Crippen molar-refractivity contribution < 1.29 is 17.9 Å². The van der Waals surface area contributed by atoms with E-state index in [0.29, 0.717) is 5.33 Å². The molecule has 0 unspecified atom stereocenters. The molecular formula is C7H12BrF3O. The van der Waals surface area contributed by atoms with Gasteiger partial charge < -0.3 is 4.74 Å². The van der Waals surface area contributed by atoms with Crippen molar-refractivity contribution >= 4 is 15.9 Å². The zero-order chi connectivity index (χ0) is 9.83. The molecule has 12 heavy (non-hydrogen) atoms. The Bertz CT molecular complexity index is 133. The van der Waals surface area contributed by atoms with Gasteiger partial charge in [0.1, 0.15) is 6.61 Å². The highest BCUT2D eigenvalue weighted by molar-refractivity contribution is 9.09. The van der Waals surface area contributed by atoms with Gasteiger partial charge in [0, 0.05) is 5.33 Å². The number of halogens is 4. The minimum atomic E-state index is -4.22. The Kier molecular flexibility index (Phi) is 4.55. The fourth-order valence-corrected chi connectivity index (χ4v) is 0.643. The van der Waals surface area contributed by atoms with Crippen molar-refractivity contribution in [2.24, 2.45) is 5.41 Å². The van der Waals surface area contributed by atoms with Gasteiger partial charge in [0.15, 0.2) is 0 Å². The molecule has 0 aliphatic carbocycles. The minimum absolute atomic E-state index is 0.109. The fourth-order valence-electron chi connectivity index (χ4n) is 0.482. The molecule has 0 N–H and O–H groups in total. The molecule has 74 valence electrons. The third kappa shape index (κ3) is 6.91. The van der Waals surface area contributed by atoms with Crippen molar-refractivity contribution in [2.75, 3.05) is 18.5 Å². The molecule has 0 aliphatic rings. The highest BCUT2D eigenvalue weighted by Crippen LogP contribution is 2.20. The molecule has 0 spiro atoms. The average Bonchev–Trinajstić information content (AvgIpc) is 1.84. The Morgan fingerprint density at radius 3 is 2.00 bits per heavy atom. The molecule has 0 radical (unpaired) electrons. The number of hydrogen-bond donors (Lipinski definition) is 0. The van der Waals surface area contributed by atoms with Gasteiger partial charge in [-0.05, 0) is 5.41 Å². The highest BCUT2D eigenvalue weighted by Gasteiger charge is 2.28. The van der Waals surface area contributed by atoms with Gasteiger partial charge >= 0.3 is 6.18 Å². The lowest BCUT2D eigenvalue weighted by atomic mass is 9.99. The molecule has 0 saturated heterocycles. The summed E-state index contributed by atoms with van der Waals surface area (Å²) in [6.45, 7) is 2.61. The number of ether oxygens (including phenoxy) is 1. The molecule has 0 rings (SSSR count). The predicted molar refractivity (Wildman–Crippen MR) is 44.4 cm³/mol. The second kappa shape index (κ2) is 4.46. The molecule has 0 aromatic rings. The second-order valence-electron chi connectivity index (χ2n) is 3.41. The SMILES string of the molecule is CC(C)(CBr)COCC(F)(F)F. The predicted octanol–water partition coefficient (Wildman–Crippen LogP) is 2.99. The third-order valence-corrected chi connectivity index (χ3v) is 2.64. The van der Waals surface area contributed by atoms with Crippen LogP contribution in [0.4, 0.5) is 13.2 Å². The zero-order valence-corrected chi connectivity index (χ0v) is 8.63. The molecule has 0 amide bonds. The Morgan fingerprint density at radius 2 is 1.67 bits per heavy atom. The Labute approximate surface area is 78.4 Å². The summed E-state index contributed by atoms with van der Waals surface area (Å²) >= 11 is 3.19. The van der Waals surface area contributed by atoms with Crippen LogP contribution < -0.4 is 0 Å². The van der Waals surface area contributed by atoms with Crippen LogP contribution in [0.3, 0.4) is 0 Å². The Hall–Kier alpha value is 0.230. The van der Waals surface area contributed by atoms with Gasteiger partial charge in [-0.3, -0.25) is 0 Å². The largest absolute Gasteiger partial charge is 0.411 e. The van der Waals surface area contributed by atoms with Crippen molar-refractivity contribution in [2.45, 2.75) is 20.0 Å². The van der Waals surface area contributed by atoms with Crippen LogP contribution in [0.2, 0.25) is 0 Å². The molecule has 0 aliphatic heterocycles. The van der Waals surface area contributed by atoms with Crippen LogP contribution in [0.5, 0.6) is 0 Å². The zero-order valence-electron chi connectivity index (χ0n) is 7.04. The van der Waals surface area contributed by atoms with Crippen molar-refractivity contribution in [1.29, 1.82) is 0 Å². The van der Waals surface area contributed by atoms with Crippen LogP contribution in [0.1, 0.15) is 13.8 Å². The van der Waals surface area contributed by atoms with Crippen molar-refractivity contribution in [3.05, 3.63) is 0 Å². The van der Waals surface area contributed by atoms with Gasteiger partial charge in [0.25, 0.3) is 0 Å². The first-order chi connectivity index (χ1) is 5.27. The third-order valence-electron chi connectivity index (χ3n) is 1.12. The Balaban J connectivity index is 3.57. The summed E-state index contributed by atoms with van der Waals surface area (Å²) in [4.78, 5) is 0. The molecule has 0 saturated carbocycles. The van der Waals surface area contributed by atoms with Crippen LogP contribution in [0.15, 0.2) is 0 Å². The van der Waals surface area contributed by atoms with Gasteiger partial charge in [-0.15, -0.1) is 0 Å². The molecule has 5 heteroatoms. The van der Waals surface area contributed by atoms with E-state index < -0.39 is 12.8 Å². The van der Waals surface area contributed by atoms with Crippen LogP contribution in [0.25, 0.3) is 0 Å². The van der Waals surface area contributed by atoms with E-state index in [9.17, 15) is 13.2 Å². The summed E-state index contributed by atoms with van der Waals surface area (Å²) < 4.78 is 39.3. The fraction of sp³-hybridized carbons (Fsp3) is 1.00. The molecule has 0 heterocycles. The number of rotatable bonds is 4. The van der Waals surface area contributed by atoms with Gasteiger partial charge in [0.05, 0.1) is 6.61 Å². The van der Waals surface area contributed by atoms with Gasteiger partial charge in [-0.25, -0.2) is 0 Å². The molecular weight excluding hydrogens is 237 g/mol. The summed E-state index contributed by atoms with van der Waals surface area (Å²) in [5.41, 5.74) is -0.245. The topological polar surface area (TPSA) is 9.23 Å². The van der Waals surface area contributed by atoms with Gasteiger partial charge in [0.2, 0.25) is 0 Å². The smallest absolute Gasteiger partial charge is 0.371 e. The normalized spacial score (nSPS) is 13.5. The summed E-state index contributed by atoms with van der Waals surface area (Å²) in [6, 6.07) is 0. The minimum Gasteiger partial charge on any atom is -0.371 e.